The van der Waals surface area contributed by atoms with E-state index in [9.17, 15) is 9.59 Å². The van der Waals surface area contributed by atoms with Gasteiger partial charge in [-0.15, -0.1) is 0 Å². The maximum absolute atomic E-state index is 12.0. The van der Waals surface area contributed by atoms with Crippen LogP contribution in [0.15, 0.2) is 54.6 Å². The number of anilines is 2. The number of rotatable bonds is 5. The topological polar surface area (TPSA) is 49.4 Å². The van der Waals surface area contributed by atoms with Crippen molar-refractivity contribution >= 4 is 34.8 Å². The summed E-state index contributed by atoms with van der Waals surface area (Å²) in [4.78, 5) is 25.3. The summed E-state index contributed by atoms with van der Waals surface area (Å²) in [6, 6.07) is 16.2. The Hall–Kier alpha value is -2.33. The van der Waals surface area contributed by atoms with E-state index in [4.69, 9.17) is 11.6 Å². The Morgan fingerprint density at radius 2 is 1.68 bits per heavy atom. The predicted octanol–water partition coefficient (Wildman–Crippen LogP) is 3.72. The molecule has 22 heavy (non-hydrogen) atoms. The quantitative estimate of drug-likeness (QED) is 0.914. The summed E-state index contributed by atoms with van der Waals surface area (Å²) < 4.78 is 0. The van der Waals surface area contributed by atoms with Crippen molar-refractivity contribution in [2.75, 3.05) is 16.8 Å². The van der Waals surface area contributed by atoms with Gasteiger partial charge in [0, 0.05) is 36.3 Å². The van der Waals surface area contributed by atoms with Crippen LogP contribution in [0.5, 0.6) is 0 Å². The van der Waals surface area contributed by atoms with Gasteiger partial charge in [0.15, 0.2) is 0 Å². The molecule has 0 aliphatic rings. The lowest BCUT2D eigenvalue weighted by Crippen LogP contribution is -2.31. The van der Waals surface area contributed by atoms with Crippen molar-refractivity contribution in [3.8, 4) is 0 Å². The van der Waals surface area contributed by atoms with Gasteiger partial charge in [0.25, 0.3) is 0 Å². The molecule has 0 radical (unpaired) electrons. The van der Waals surface area contributed by atoms with E-state index < -0.39 is 0 Å². The first-order valence-corrected chi connectivity index (χ1v) is 7.32. The highest BCUT2D eigenvalue weighted by Crippen LogP contribution is 2.15. The third-order valence-electron chi connectivity index (χ3n) is 3.14. The van der Waals surface area contributed by atoms with Crippen LogP contribution in [0.25, 0.3) is 0 Å². The van der Waals surface area contributed by atoms with Gasteiger partial charge in [-0.1, -0.05) is 29.8 Å². The summed E-state index contributed by atoms with van der Waals surface area (Å²) >= 11 is 5.80. The molecule has 0 heterocycles. The first-order valence-electron chi connectivity index (χ1n) is 6.95. The van der Waals surface area contributed by atoms with Gasteiger partial charge in [0.05, 0.1) is 0 Å². The van der Waals surface area contributed by atoms with Crippen molar-refractivity contribution in [2.45, 2.75) is 13.3 Å². The molecule has 2 amide bonds. The number of carbonyl (C=O) groups is 2. The van der Waals surface area contributed by atoms with Crippen LogP contribution in [-0.2, 0) is 9.59 Å². The van der Waals surface area contributed by atoms with Gasteiger partial charge in [0.2, 0.25) is 11.8 Å². The Labute approximate surface area is 134 Å². The minimum Gasteiger partial charge on any atom is -0.326 e. The summed E-state index contributed by atoms with van der Waals surface area (Å²) in [6.07, 6.45) is 0.219. The van der Waals surface area contributed by atoms with E-state index in [-0.39, 0.29) is 18.2 Å². The highest BCUT2D eigenvalue weighted by atomic mass is 35.5. The van der Waals surface area contributed by atoms with Gasteiger partial charge < -0.3 is 10.2 Å². The van der Waals surface area contributed by atoms with E-state index >= 15 is 0 Å². The van der Waals surface area contributed by atoms with Crippen molar-refractivity contribution in [3.05, 3.63) is 59.6 Å². The minimum absolute atomic E-state index is 0.0921. The number of para-hydroxylation sites is 1. The standard InChI is InChI=1S/C17H17ClN2O2/c1-13(21)20(16-5-3-2-4-6-16)12-11-17(22)19-15-9-7-14(18)8-10-15/h2-10H,11-12H2,1H3,(H,19,22). The van der Waals surface area contributed by atoms with Gasteiger partial charge in [-0.2, -0.15) is 0 Å². The summed E-state index contributed by atoms with van der Waals surface area (Å²) in [5.41, 5.74) is 1.47. The molecule has 5 heteroatoms. The van der Waals surface area contributed by atoms with Crippen LogP contribution in [0.3, 0.4) is 0 Å². The van der Waals surface area contributed by atoms with Crippen molar-refractivity contribution < 1.29 is 9.59 Å². The number of hydrogen-bond acceptors (Lipinski definition) is 2. The molecule has 2 aromatic rings. The second kappa shape index (κ2) is 7.61. The van der Waals surface area contributed by atoms with Crippen molar-refractivity contribution in [1.29, 1.82) is 0 Å². The number of benzene rings is 2. The maximum Gasteiger partial charge on any atom is 0.226 e. The van der Waals surface area contributed by atoms with Gasteiger partial charge in [-0.05, 0) is 36.4 Å². The maximum atomic E-state index is 12.0. The summed E-state index contributed by atoms with van der Waals surface area (Å²) in [5.74, 6) is -0.241. The number of nitrogens with one attached hydrogen (secondary N) is 1. The Morgan fingerprint density at radius 3 is 2.27 bits per heavy atom. The molecule has 0 spiro atoms. The molecule has 2 rings (SSSR count). The fourth-order valence-corrected chi connectivity index (χ4v) is 2.17. The van der Waals surface area contributed by atoms with Crippen LogP contribution in [-0.4, -0.2) is 18.4 Å². The lowest BCUT2D eigenvalue weighted by atomic mass is 10.2. The third-order valence-corrected chi connectivity index (χ3v) is 3.39. The van der Waals surface area contributed by atoms with E-state index in [1.807, 2.05) is 30.3 Å². The molecule has 0 atom stereocenters. The molecule has 0 aliphatic carbocycles. The molecular weight excluding hydrogens is 300 g/mol. The number of nitrogens with zero attached hydrogens (tertiary/aromatic N) is 1. The molecular formula is C17H17ClN2O2. The number of hydrogen-bond donors (Lipinski definition) is 1. The summed E-state index contributed by atoms with van der Waals surface area (Å²) in [6.45, 7) is 1.82. The van der Waals surface area contributed by atoms with E-state index in [2.05, 4.69) is 5.32 Å². The average molecular weight is 317 g/mol. The molecule has 0 unspecified atom stereocenters. The van der Waals surface area contributed by atoms with Crippen LogP contribution >= 0.6 is 11.6 Å². The van der Waals surface area contributed by atoms with Crippen LogP contribution in [0.2, 0.25) is 5.02 Å². The highest BCUT2D eigenvalue weighted by Gasteiger charge is 2.13. The van der Waals surface area contributed by atoms with Crippen LogP contribution in [0.4, 0.5) is 11.4 Å². The first-order chi connectivity index (χ1) is 10.6. The Kier molecular flexibility index (Phi) is 5.55. The van der Waals surface area contributed by atoms with Crippen molar-refractivity contribution in [1.82, 2.24) is 0 Å². The Balaban J connectivity index is 1.93. The third kappa shape index (κ3) is 4.60. The molecule has 1 N–H and O–H groups in total. The molecule has 0 fully saturated rings. The number of amides is 2. The molecule has 0 saturated carbocycles. The van der Waals surface area contributed by atoms with Gasteiger partial charge in [0.1, 0.15) is 0 Å². The van der Waals surface area contributed by atoms with E-state index in [0.717, 1.165) is 5.69 Å². The fourth-order valence-electron chi connectivity index (χ4n) is 2.05. The zero-order valence-corrected chi connectivity index (χ0v) is 13.0. The molecule has 114 valence electrons. The Bertz CT molecular complexity index is 641. The monoisotopic (exact) mass is 316 g/mol. The van der Waals surface area contributed by atoms with Crippen molar-refractivity contribution in [3.63, 3.8) is 0 Å². The molecule has 0 saturated heterocycles. The normalized spacial score (nSPS) is 10.1. The van der Waals surface area contributed by atoms with Gasteiger partial charge in [-0.25, -0.2) is 0 Å². The predicted molar refractivity (Wildman–Crippen MR) is 89.2 cm³/mol. The van der Waals surface area contributed by atoms with Crippen LogP contribution < -0.4 is 10.2 Å². The minimum atomic E-state index is -0.149. The van der Waals surface area contributed by atoms with Gasteiger partial charge in [-0.3, -0.25) is 9.59 Å². The average Bonchev–Trinajstić information content (AvgIpc) is 2.50. The smallest absolute Gasteiger partial charge is 0.226 e. The molecule has 0 aromatic heterocycles. The number of halogens is 1. The van der Waals surface area contributed by atoms with E-state index in [1.54, 1.807) is 29.2 Å². The van der Waals surface area contributed by atoms with Crippen LogP contribution in [0.1, 0.15) is 13.3 Å². The fraction of sp³-hybridized carbons (Fsp3) is 0.176. The summed E-state index contributed by atoms with van der Waals surface area (Å²) in [7, 11) is 0. The molecule has 4 nitrogen and oxygen atoms in total. The largest absolute Gasteiger partial charge is 0.326 e. The van der Waals surface area contributed by atoms with Gasteiger partial charge >= 0.3 is 0 Å². The molecule has 0 bridgehead atoms. The van der Waals surface area contributed by atoms with E-state index in [0.29, 0.717) is 17.3 Å². The van der Waals surface area contributed by atoms with E-state index in [1.165, 1.54) is 6.92 Å². The zero-order chi connectivity index (χ0) is 15.9. The number of carbonyl (C=O) groups excluding carboxylic acids is 2. The van der Waals surface area contributed by atoms with Crippen molar-refractivity contribution in [2.24, 2.45) is 0 Å². The van der Waals surface area contributed by atoms with Crippen LogP contribution in [0, 0.1) is 0 Å². The highest BCUT2D eigenvalue weighted by molar-refractivity contribution is 6.30. The second-order valence-corrected chi connectivity index (χ2v) is 5.25. The first kappa shape index (κ1) is 16.0. The molecule has 2 aromatic carbocycles. The Morgan fingerprint density at radius 1 is 1.05 bits per heavy atom. The lowest BCUT2D eigenvalue weighted by Gasteiger charge is -2.20. The molecule has 0 aliphatic heterocycles. The SMILES string of the molecule is CC(=O)N(CCC(=O)Nc1ccc(Cl)cc1)c1ccccc1. The second-order valence-electron chi connectivity index (χ2n) is 4.81. The lowest BCUT2D eigenvalue weighted by molar-refractivity contribution is -0.117. The summed E-state index contributed by atoms with van der Waals surface area (Å²) in [5, 5.41) is 3.39. The zero-order valence-electron chi connectivity index (χ0n) is 12.3.